The van der Waals surface area contributed by atoms with Crippen molar-refractivity contribution in [3.05, 3.63) is 30.3 Å². The number of hydrogen-bond donors (Lipinski definition) is 2. The molecule has 2 N–H and O–H groups in total. The van der Waals surface area contributed by atoms with E-state index in [1.807, 2.05) is 6.07 Å². The van der Waals surface area contributed by atoms with Crippen LogP contribution in [-0.4, -0.2) is 66.3 Å². The number of rotatable bonds is 4. The molecule has 2 fully saturated rings. The van der Waals surface area contributed by atoms with Gasteiger partial charge in [-0.25, -0.2) is 0 Å². The number of para-hydroxylation sites is 1. The average Bonchev–Trinajstić information content (AvgIpc) is 3.45. The zero-order valence-electron chi connectivity index (χ0n) is 13.5. The molecular formula is C17H22N4O3. The molecule has 3 rings (SSSR count). The first-order chi connectivity index (χ1) is 11.6. The largest absolute Gasteiger partial charge is 0.339 e. The van der Waals surface area contributed by atoms with Crippen LogP contribution in [0.15, 0.2) is 30.3 Å². The van der Waals surface area contributed by atoms with Gasteiger partial charge in [-0.2, -0.15) is 0 Å². The van der Waals surface area contributed by atoms with Gasteiger partial charge in [0.2, 0.25) is 5.91 Å². The number of amides is 3. The van der Waals surface area contributed by atoms with Crippen LogP contribution in [0.3, 0.4) is 0 Å². The van der Waals surface area contributed by atoms with Gasteiger partial charge in [0.05, 0.1) is 6.54 Å². The van der Waals surface area contributed by atoms with E-state index in [1.54, 1.807) is 29.2 Å². The minimum Gasteiger partial charge on any atom is -0.339 e. The summed E-state index contributed by atoms with van der Waals surface area (Å²) in [4.78, 5) is 39.8. The van der Waals surface area contributed by atoms with Crippen molar-refractivity contribution in [1.29, 1.82) is 0 Å². The summed E-state index contributed by atoms with van der Waals surface area (Å²) in [6, 6.07) is 9.43. The molecule has 1 aromatic carbocycles. The Kier molecular flexibility index (Phi) is 5.10. The quantitative estimate of drug-likeness (QED) is 0.764. The number of piperazine rings is 1. The summed E-state index contributed by atoms with van der Waals surface area (Å²) in [7, 11) is 0. The molecule has 2 aliphatic rings. The molecule has 0 spiro atoms. The van der Waals surface area contributed by atoms with Crippen LogP contribution in [0.25, 0.3) is 0 Å². The third-order valence-corrected chi connectivity index (χ3v) is 4.37. The zero-order valence-corrected chi connectivity index (χ0v) is 13.5. The van der Waals surface area contributed by atoms with E-state index in [1.165, 1.54) is 12.8 Å². The van der Waals surface area contributed by atoms with Crippen LogP contribution in [-0.2, 0) is 14.4 Å². The minimum absolute atomic E-state index is 0.147. The molecule has 1 aliphatic carbocycles. The summed E-state index contributed by atoms with van der Waals surface area (Å²) in [5, 5.41) is 4.88. The highest BCUT2D eigenvalue weighted by atomic mass is 16.2. The van der Waals surface area contributed by atoms with Crippen molar-refractivity contribution in [2.75, 3.05) is 38.0 Å². The fourth-order valence-corrected chi connectivity index (χ4v) is 2.83. The van der Waals surface area contributed by atoms with Crippen LogP contribution in [0.4, 0.5) is 5.69 Å². The van der Waals surface area contributed by atoms with E-state index in [0.29, 0.717) is 24.8 Å². The van der Waals surface area contributed by atoms with Gasteiger partial charge in [0.15, 0.2) is 0 Å². The molecule has 128 valence electrons. The standard InChI is InChI=1S/C17H22N4O3/c22-15(21-10-8-20(9-11-21)14-6-7-14)12-18-16(23)17(24)19-13-4-2-1-3-5-13/h1-5,14H,6-12H2,(H,18,23)(H,19,24). The Morgan fingerprint density at radius 3 is 2.25 bits per heavy atom. The van der Waals surface area contributed by atoms with Gasteiger partial charge in [0.25, 0.3) is 0 Å². The summed E-state index contributed by atoms with van der Waals surface area (Å²) in [5.74, 6) is -1.72. The second-order valence-corrected chi connectivity index (χ2v) is 6.15. The van der Waals surface area contributed by atoms with Crippen molar-refractivity contribution in [2.24, 2.45) is 0 Å². The lowest BCUT2D eigenvalue weighted by Gasteiger charge is -2.34. The molecule has 24 heavy (non-hydrogen) atoms. The van der Waals surface area contributed by atoms with E-state index in [9.17, 15) is 14.4 Å². The van der Waals surface area contributed by atoms with E-state index in [-0.39, 0.29) is 12.5 Å². The number of nitrogens with zero attached hydrogens (tertiary/aromatic N) is 2. The van der Waals surface area contributed by atoms with Crippen molar-refractivity contribution in [3.63, 3.8) is 0 Å². The van der Waals surface area contributed by atoms with Crippen LogP contribution in [0.2, 0.25) is 0 Å². The summed E-state index contributed by atoms with van der Waals surface area (Å²) >= 11 is 0. The van der Waals surface area contributed by atoms with Crippen LogP contribution in [0, 0.1) is 0 Å². The summed E-state index contributed by atoms with van der Waals surface area (Å²) < 4.78 is 0. The van der Waals surface area contributed by atoms with Gasteiger partial charge in [-0.3, -0.25) is 19.3 Å². The molecule has 7 nitrogen and oxygen atoms in total. The predicted molar refractivity (Wildman–Crippen MR) is 89.3 cm³/mol. The van der Waals surface area contributed by atoms with Gasteiger partial charge in [-0.1, -0.05) is 18.2 Å². The van der Waals surface area contributed by atoms with E-state index < -0.39 is 11.8 Å². The van der Waals surface area contributed by atoms with Crippen molar-refractivity contribution in [3.8, 4) is 0 Å². The summed E-state index contributed by atoms with van der Waals surface area (Å²) in [6.45, 7) is 2.99. The van der Waals surface area contributed by atoms with E-state index in [4.69, 9.17) is 0 Å². The molecule has 1 saturated heterocycles. The van der Waals surface area contributed by atoms with Crippen molar-refractivity contribution in [2.45, 2.75) is 18.9 Å². The highest BCUT2D eigenvalue weighted by molar-refractivity contribution is 6.39. The molecule has 1 heterocycles. The van der Waals surface area contributed by atoms with Gasteiger partial charge < -0.3 is 15.5 Å². The van der Waals surface area contributed by atoms with Gasteiger partial charge >= 0.3 is 11.8 Å². The first-order valence-electron chi connectivity index (χ1n) is 8.29. The first kappa shape index (κ1) is 16.4. The lowest BCUT2D eigenvalue weighted by atomic mass is 10.3. The van der Waals surface area contributed by atoms with Crippen LogP contribution in [0.5, 0.6) is 0 Å². The van der Waals surface area contributed by atoms with Gasteiger partial charge in [-0.15, -0.1) is 0 Å². The number of hydrogen-bond acceptors (Lipinski definition) is 4. The lowest BCUT2D eigenvalue weighted by Crippen LogP contribution is -2.52. The summed E-state index contributed by atoms with van der Waals surface area (Å²) in [6.07, 6.45) is 2.53. The normalized spacial score (nSPS) is 18.1. The fourth-order valence-electron chi connectivity index (χ4n) is 2.83. The Labute approximate surface area is 141 Å². The highest BCUT2D eigenvalue weighted by Gasteiger charge is 2.32. The maximum Gasteiger partial charge on any atom is 0.313 e. The maximum absolute atomic E-state index is 12.1. The molecule has 0 bridgehead atoms. The van der Waals surface area contributed by atoms with E-state index in [2.05, 4.69) is 15.5 Å². The third-order valence-electron chi connectivity index (χ3n) is 4.37. The molecule has 3 amide bonds. The van der Waals surface area contributed by atoms with Gasteiger partial charge in [-0.05, 0) is 25.0 Å². The predicted octanol–water partition coefficient (Wildman–Crippen LogP) is 0.0479. The molecule has 0 unspecified atom stereocenters. The molecular weight excluding hydrogens is 308 g/mol. The van der Waals surface area contributed by atoms with Crippen molar-refractivity contribution < 1.29 is 14.4 Å². The van der Waals surface area contributed by atoms with Crippen LogP contribution in [0.1, 0.15) is 12.8 Å². The average molecular weight is 330 g/mol. The Morgan fingerprint density at radius 1 is 0.958 bits per heavy atom. The summed E-state index contributed by atoms with van der Waals surface area (Å²) in [5.41, 5.74) is 0.542. The highest BCUT2D eigenvalue weighted by Crippen LogP contribution is 2.27. The fraction of sp³-hybridized carbons (Fsp3) is 0.471. The Balaban J connectivity index is 1.39. The maximum atomic E-state index is 12.1. The van der Waals surface area contributed by atoms with Crippen LogP contribution < -0.4 is 10.6 Å². The third kappa shape index (κ3) is 4.32. The monoisotopic (exact) mass is 330 g/mol. The molecule has 0 aromatic heterocycles. The van der Waals surface area contributed by atoms with Crippen LogP contribution >= 0.6 is 0 Å². The second kappa shape index (κ2) is 7.44. The molecule has 1 aromatic rings. The number of anilines is 1. The smallest absolute Gasteiger partial charge is 0.313 e. The molecule has 0 atom stereocenters. The van der Waals surface area contributed by atoms with E-state index >= 15 is 0 Å². The minimum atomic E-state index is -0.802. The second-order valence-electron chi connectivity index (χ2n) is 6.15. The zero-order chi connectivity index (χ0) is 16.9. The number of carbonyl (C=O) groups is 3. The van der Waals surface area contributed by atoms with Gasteiger partial charge in [0, 0.05) is 37.9 Å². The SMILES string of the molecule is O=C(NCC(=O)N1CCN(C2CC2)CC1)C(=O)Nc1ccccc1. The van der Waals surface area contributed by atoms with Crippen molar-refractivity contribution in [1.82, 2.24) is 15.1 Å². The number of nitrogens with one attached hydrogen (secondary N) is 2. The Morgan fingerprint density at radius 2 is 1.62 bits per heavy atom. The molecule has 1 saturated carbocycles. The molecule has 0 radical (unpaired) electrons. The first-order valence-corrected chi connectivity index (χ1v) is 8.29. The lowest BCUT2D eigenvalue weighted by molar-refractivity contribution is -0.138. The molecule has 1 aliphatic heterocycles. The number of benzene rings is 1. The Bertz CT molecular complexity index is 608. The van der Waals surface area contributed by atoms with E-state index in [0.717, 1.165) is 13.1 Å². The number of carbonyl (C=O) groups excluding carboxylic acids is 3. The van der Waals surface area contributed by atoms with Gasteiger partial charge in [0.1, 0.15) is 0 Å². The Hall–Kier alpha value is -2.41. The van der Waals surface area contributed by atoms with Crippen molar-refractivity contribution >= 4 is 23.4 Å². The molecule has 7 heteroatoms. The topological polar surface area (TPSA) is 81.8 Å².